The summed E-state index contributed by atoms with van der Waals surface area (Å²) in [6.07, 6.45) is 10.5. The molecular weight excluding hydrogens is 544 g/mol. The third-order valence-corrected chi connectivity index (χ3v) is 14.1. The summed E-state index contributed by atoms with van der Waals surface area (Å²) in [4.78, 5) is 0. The Morgan fingerprint density at radius 2 is 1.77 bits per heavy atom. The van der Waals surface area contributed by atoms with Crippen molar-refractivity contribution in [3.05, 3.63) is 36.5 Å². The topological polar surface area (TPSA) is 109 Å². The molecule has 2 bridgehead atoms. The highest BCUT2D eigenvalue weighted by Crippen LogP contribution is 2.77. The van der Waals surface area contributed by atoms with Crippen LogP contribution in [0, 0.1) is 45.3 Å². The van der Waals surface area contributed by atoms with Gasteiger partial charge in [0.25, 0.3) is 0 Å². The minimum atomic E-state index is -1.45. The lowest BCUT2D eigenvalue weighted by Crippen LogP contribution is -2.66. The Kier molecular flexibility index (Phi) is 7.98. The molecule has 14 atom stereocenters. The van der Waals surface area contributed by atoms with Crippen LogP contribution in [0.2, 0.25) is 0 Å². The summed E-state index contributed by atoms with van der Waals surface area (Å²) < 4.78 is 19.2. The van der Waals surface area contributed by atoms with Crippen LogP contribution >= 0.6 is 0 Å². The largest absolute Gasteiger partial charge is 0.394 e. The molecule has 4 N–H and O–H groups in total. The third-order valence-electron chi connectivity index (χ3n) is 14.1. The first-order valence-electron chi connectivity index (χ1n) is 16.8. The summed E-state index contributed by atoms with van der Waals surface area (Å²) in [5, 5.41) is 41.0. The smallest absolute Gasteiger partial charge is 0.186 e. The van der Waals surface area contributed by atoms with E-state index in [9.17, 15) is 20.4 Å². The average Bonchev–Trinajstić information content (AvgIpc) is 3.35. The molecule has 6 rings (SSSR count). The van der Waals surface area contributed by atoms with E-state index in [0.717, 1.165) is 31.4 Å². The molecule has 6 aliphatic rings. The second kappa shape index (κ2) is 10.8. The normalized spacial score (nSPS) is 52.5. The molecule has 242 valence electrons. The van der Waals surface area contributed by atoms with E-state index in [2.05, 4.69) is 72.4 Å². The maximum absolute atomic E-state index is 10.7. The fourth-order valence-corrected chi connectivity index (χ4v) is 11.4. The minimum absolute atomic E-state index is 0.104. The first-order chi connectivity index (χ1) is 20.2. The number of fused-ring (bicyclic) bond motifs is 2. The van der Waals surface area contributed by atoms with Crippen molar-refractivity contribution in [1.29, 1.82) is 0 Å². The van der Waals surface area contributed by atoms with E-state index in [1.165, 1.54) is 25.7 Å². The Balaban J connectivity index is 1.26. The van der Waals surface area contributed by atoms with Crippen molar-refractivity contribution in [3.8, 4) is 0 Å². The molecule has 5 fully saturated rings. The van der Waals surface area contributed by atoms with Crippen LogP contribution in [0.15, 0.2) is 36.5 Å². The predicted molar refractivity (Wildman–Crippen MR) is 165 cm³/mol. The van der Waals surface area contributed by atoms with E-state index in [0.29, 0.717) is 23.7 Å². The lowest BCUT2D eigenvalue weighted by molar-refractivity contribution is -0.329. The highest BCUT2D eigenvalue weighted by molar-refractivity contribution is 5.33. The average molecular weight is 601 g/mol. The van der Waals surface area contributed by atoms with Crippen LogP contribution in [0.25, 0.3) is 0 Å². The summed E-state index contributed by atoms with van der Waals surface area (Å²) >= 11 is 0. The molecule has 3 saturated carbocycles. The molecule has 43 heavy (non-hydrogen) atoms. The lowest BCUT2D eigenvalue weighted by atomic mass is 9.38. The quantitative estimate of drug-likeness (QED) is 0.243. The number of aliphatic hydroxyl groups is 4. The second-order valence-corrected chi connectivity index (χ2v) is 16.3. The predicted octanol–water partition coefficient (Wildman–Crippen LogP) is 4.92. The van der Waals surface area contributed by atoms with Gasteiger partial charge in [-0.25, -0.2) is 0 Å². The van der Waals surface area contributed by atoms with Gasteiger partial charge in [0, 0.05) is 16.7 Å². The Morgan fingerprint density at radius 1 is 1.02 bits per heavy atom. The molecule has 7 heteroatoms. The minimum Gasteiger partial charge on any atom is -0.394 e. The summed E-state index contributed by atoms with van der Waals surface area (Å²) in [5.74, 6) is 2.19. The van der Waals surface area contributed by atoms with Crippen molar-refractivity contribution in [2.45, 2.75) is 129 Å². The summed E-state index contributed by atoms with van der Waals surface area (Å²) in [5.41, 5.74) is 0.805. The number of hydrogen-bond acceptors (Lipinski definition) is 7. The number of ether oxygens (including phenoxy) is 3. The van der Waals surface area contributed by atoms with E-state index in [1.807, 2.05) is 0 Å². The van der Waals surface area contributed by atoms with Crippen LogP contribution in [0.4, 0.5) is 0 Å². The fraction of sp³-hybridized carbons (Fsp3) is 0.833. The van der Waals surface area contributed by atoms with Gasteiger partial charge in [0.1, 0.15) is 24.4 Å². The lowest BCUT2D eigenvalue weighted by Gasteiger charge is -2.65. The molecular formula is C36H56O7. The van der Waals surface area contributed by atoms with Crippen molar-refractivity contribution in [2.24, 2.45) is 45.3 Å². The summed E-state index contributed by atoms with van der Waals surface area (Å²) in [6.45, 7) is 18.4. The Bertz CT molecular complexity index is 1150. The molecule has 7 nitrogen and oxygen atoms in total. The van der Waals surface area contributed by atoms with Crippen LogP contribution < -0.4 is 0 Å². The molecule has 0 unspecified atom stereocenters. The SMILES string of the molecule is C=C(C)/C=C/C[C@@H](C)[C@H]1CC[C@@]2(C)[C@@H]3C=C[C@]45OC[C@]3(CC[C@]12C)[C@@H]4CC[C@H](O[C@@H]1O[C@H](CO)[C@@H](O)[C@H](O)[C@H]1O)C5(C)C. The summed E-state index contributed by atoms with van der Waals surface area (Å²) in [6, 6.07) is 0. The van der Waals surface area contributed by atoms with E-state index in [1.54, 1.807) is 0 Å². The van der Waals surface area contributed by atoms with Gasteiger partial charge in [0.2, 0.25) is 0 Å². The van der Waals surface area contributed by atoms with Gasteiger partial charge in [0.05, 0.1) is 24.9 Å². The zero-order valence-electron chi connectivity index (χ0n) is 27.2. The number of aliphatic hydroxyl groups excluding tert-OH is 4. The molecule has 1 spiro atoms. The highest BCUT2D eigenvalue weighted by Gasteiger charge is 2.75. The summed E-state index contributed by atoms with van der Waals surface area (Å²) in [7, 11) is 0. The zero-order chi connectivity index (χ0) is 31.2. The van der Waals surface area contributed by atoms with Gasteiger partial charge in [-0.15, -0.1) is 0 Å². The van der Waals surface area contributed by atoms with E-state index < -0.39 is 48.3 Å². The van der Waals surface area contributed by atoms with Crippen molar-refractivity contribution < 1.29 is 34.6 Å². The Morgan fingerprint density at radius 3 is 2.47 bits per heavy atom. The van der Waals surface area contributed by atoms with Crippen molar-refractivity contribution in [3.63, 3.8) is 0 Å². The van der Waals surface area contributed by atoms with Gasteiger partial charge in [-0.2, -0.15) is 0 Å². The molecule has 0 radical (unpaired) electrons. The van der Waals surface area contributed by atoms with Crippen LogP contribution in [-0.4, -0.2) is 76.1 Å². The standard InChI is InChI=1S/C36H56O7/c1-21(2)9-8-10-22(3)23-13-15-34(7)25-14-16-36-26(35(25,20-41-36)18-17-33(23,34)6)11-12-27(32(36,4)5)43-31-30(40)29(39)28(38)24(19-37)42-31/h8-9,14,16,22-31,37-40H,1,10-13,15,17-20H2,2-7H3/b9-8+/t22-,23-,24-,25+,26+,27+,28-,29+,30-,31+,33-,34+,35+,36+/m1/s1. The first kappa shape index (κ1) is 31.9. The van der Waals surface area contributed by atoms with Crippen LogP contribution in [0.3, 0.4) is 0 Å². The maximum atomic E-state index is 10.7. The van der Waals surface area contributed by atoms with Gasteiger partial charge in [-0.05, 0) is 80.5 Å². The Hall–Kier alpha value is -1.06. The molecule has 2 aliphatic heterocycles. The van der Waals surface area contributed by atoms with Crippen LogP contribution in [0.1, 0.15) is 86.5 Å². The second-order valence-electron chi connectivity index (χ2n) is 16.3. The van der Waals surface area contributed by atoms with Crippen LogP contribution in [0.5, 0.6) is 0 Å². The molecule has 2 saturated heterocycles. The van der Waals surface area contributed by atoms with Crippen molar-refractivity contribution >= 4 is 0 Å². The Labute approximate surface area is 258 Å². The fourth-order valence-electron chi connectivity index (χ4n) is 11.4. The molecule has 4 aliphatic carbocycles. The monoisotopic (exact) mass is 600 g/mol. The molecule has 0 aromatic carbocycles. The third kappa shape index (κ3) is 4.32. The van der Waals surface area contributed by atoms with Crippen molar-refractivity contribution in [1.82, 2.24) is 0 Å². The van der Waals surface area contributed by atoms with E-state index in [-0.39, 0.29) is 22.3 Å². The molecule has 0 aromatic heterocycles. The van der Waals surface area contributed by atoms with Gasteiger partial charge in [-0.3, -0.25) is 0 Å². The highest BCUT2D eigenvalue weighted by atomic mass is 16.7. The zero-order valence-corrected chi connectivity index (χ0v) is 27.2. The van der Waals surface area contributed by atoms with Gasteiger partial charge in [-0.1, -0.05) is 71.1 Å². The van der Waals surface area contributed by atoms with Gasteiger partial charge < -0.3 is 34.6 Å². The molecule has 2 heterocycles. The van der Waals surface area contributed by atoms with Crippen LogP contribution in [-0.2, 0) is 14.2 Å². The van der Waals surface area contributed by atoms with Crippen molar-refractivity contribution in [2.75, 3.05) is 13.2 Å². The number of hydrogen-bond donors (Lipinski definition) is 4. The van der Waals surface area contributed by atoms with E-state index in [4.69, 9.17) is 14.2 Å². The molecule has 0 aromatic rings. The maximum Gasteiger partial charge on any atom is 0.186 e. The number of allylic oxidation sites excluding steroid dienone is 4. The van der Waals surface area contributed by atoms with E-state index >= 15 is 0 Å². The van der Waals surface area contributed by atoms with Gasteiger partial charge >= 0.3 is 0 Å². The molecule has 0 amide bonds. The number of rotatable bonds is 7. The van der Waals surface area contributed by atoms with Gasteiger partial charge in [0.15, 0.2) is 6.29 Å². The first-order valence-corrected chi connectivity index (χ1v) is 16.8.